The van der Waals surface area contributed by atoms with Gasteiger partial charge >= 0.3 is 0 Å². The molecule has 1 aliphatic heterocycles. The highest BCUT2D eigenvalue weighted by molar-refractivity contribution is 5.80. The van der Waals surface area contributed by atoms with Crippen molar-refractivity contribution in [3.05, 3.63) is 80.4 Å². The molecule has 6 heteroatoms. The fraction of sp³-hybridized carbons (Fsp3) is 0.250. The molecule has 26 heavy (non-hydrogen) atoms. The number of benzene rings is 2. The minimum atomic E-state index is -0.320. The Morgan fingerprint density at radius 1 is 0.962 bits per heavy atom. The summed E-state index contributed by atoms with van der Waals surface area (Å²) in [6.07, 6.45) is 1.02. The molecule has 0 spiro atoms. The molecule has 2 aromatic carbocycles. The van der Waals surface area contributed by atoms with E-state index in [-0.39, 0.29) is 30.0 Å². The molecule has 3 aromatic rings. The molecule has 4 rings (SSSR count). The third-order valence-corrected chi connectivity index (χ3v) is 4.92. The number of amides is 1. The van der Waals surface area contributed by atoms with Crippen molar-refractivity contribution < 1.29 is 4.79 Å². The van der Waals surface area contributed by atoms with Crippen LogP contribution in [-0.4, -0.2) is 27.1 Å². The van der Waals surface area contributed by atoms with E-state index in [0.29, 0.717) is 23.9 Å². The largest absolute Gasteiger partial charge is 0.338 e. The van der Waals surface area contributed by atoms with E-state index in [9.17, 15) is 14.4 Å². The van der Waals surface area contributed by atoms with Crippen LogP contribution in [0.4, 0.5) is 0 Å². The highest BCUT2D eigenvalue weighted by Crippen LogP contribution is 2.19. The van der Waals surface area contributed by atoms with Crippen LogP contribution >= 0.6 is 0 Å². The molecule has 0 fully saturated rings. The monoisotopic (exact) mass is 349 g/mol. The number of aryl methyl sites for hydroxylation is 1. The van der Waals surface area contributed by atoms with Crippen molar-refractivity contribution in [1.82, 2.24) is 14.7 Å². The van der Waals surface area contributed by atoms with E-state index in [1.54, 1.807) is 24.3 Å². The number of hydrogen-bond donors (Lipinski definition) is 1. The Hall–Kier alpha value is -3.15. The lowest BCUT2D eigenvalue weighted by molar-refractivity contribution is -0.132. The summed E-state index contributed by atoms with van der Waals surface area (Å²) in [5, 5.41) is 3.31. The summed E-state index contributed by atoms with van der Waals surface area (Å²) in [7, 11) is 0. The van der Waals surface area contributed by atoms with Gasteiger partial charge in [0.05, 0.1) is 17.3 Å². The molecule has 1 aliphatic rings. The van der Waals surface area contributed by atoms with Crippen LogP contribution < -0.4 is 11.1 Å². The van der Waals surface area contributed by atoms with Crippen molar-refractivity contribution in [3.63, 3.8) is 0 Å². The van der Waals surface area contributed by atoms with Crippen molar-refractivity contribution in [2.75, 3.05) is 6.54 Å². The van der Waals surface area contributed by atoms with Crippen LogP contribution in [-0.2, 0) is 24.3 Å². The molecule has 0 saturated carbocycles. The number of carbonyl (C=O) groups is 1. The van der Waals surface area contributed by atoms with Crippen LogP contribution in [0.5, 0.6) is 0 Å². The molecule has 0 bridgehead atoms. The Balaban J connectivity index is 1.50. The van der Waals surface area contributed by atoms with Crippen LogP contribution in [0, 0.1) is 0 Å². The quantitative estimate of drug-likeness (QED) is 0.781. The first-order chi connectivity index (χ1) is 12.6. The third-order valence-electron chi connectivity index (χ3n) is 4.92. The van der Waals surface area contributed by atoms with E-state index in [1.165, 1.54) is 15.8 Å². The van der Waals surface area contributed by atoms with E-state index >= 15 is 0 Å². The maximum atomic E-state index is 12.6. The number of fused-ring (bicyclic) bond motifs is 2. The number of nitrogens with zero attached hydrogens (tertiary/aromatic N) is 2. The maximum Gasteiger partial charge on any atom is 0.273 e. The molecular formula is C20H19N3O3. The molecule has 0 radical (unpaired) electrons. The van der Waals surface area contributed by atoms with Crippen molar-refractivity contribution in [1.29, 1.82) is 0 Å². The lowest BCUT2D eigenvalue weighted by Gasteiger charge is -2.29. The van der Waals surface area contributed by atoms with Crippen LogP contribution in [0.3, 0.4) is 0 Å². The maximum absolute atomic E-state index is 12.6. The number of rotatable bonds is 3. The first-order valence-electron chi connectivity index (χ1n) is 8.70. The zero-order valence-electron chi connectivity index (χ0n) is 14.3. The van der Waals surface area contributed by atoms with Gasteiger partial charge in [0.25, 0.3) is 11.1 Å². The van der Waals surface area contributed by atoms with E-state index in [2.05, 4.69) is 11.2 Å². The van der Waals surface area contributed by atoms with Crippen LogP contribution in [0.15, 0.2) is 58.1 Å². The Labute approximate surface area is 149 Å². The summed E-state index contributed by atoms with van der Waals surface area (Å²) in [6, 6.07) is 14.8. The number of carbonyl (C=O) groups excluding carboxylic acids is 1. The van der Waals surface area contributed by atoms with Gasteiger partial charge in [-0.2, -0.15) is 0 Å². The fourth-order valence-corrected chi connectivity index (χ4v) is 3.48. The van der Waals surface area contributed by atoms with Gasteiger partial charge in [0.1, 0.15) is 0 Å². The predicted molar refractivity (Wildman–Crippen MR) is 99.0 cm³/mol. The Bertz CT molecular complexity index is 1100. The standard InChI is InChI=1S/C20H19N3O3/c24-18(22-11-9-14-5-1-2-6-15(14)13-22)10-12-23-20(26)17-8-4-3-7-16(17)19(25)21-23/h1-8H,9-13H2,(H,21,25). The van der Waals surface area contributed by atoms with Crippen LogP contribution in [0.2, 0.25) is 0 Å². The van der Waals surface area contributed by atoms with Gasteiger partial charge in [-0.3, -0.25) is 19.5 Å². The number of aromatic nitrogens is 2. The van der Waals surface area contributed by atoms with Gasteiger partial charge in [0.15, 0.2) is 0 Å². The number of H-pyrrole nitrogens is 1. The summed E-state index contributed by atoms with van der Waals surface area (Å²) in [5.41, 5.74) is 1.85. The van der Waals surface area contributed by atoms with Crippen molar-refractivity contribution in [2.24, 2.45) is 0 Å². The Kier molecular flexibility index (Phi) is 4.16. The van der Waals surface area contributed by atoms with Crippen molar-refractivity contribution in [2.45, 2.75) is 25.9 Å². The van der Waals surface area contributed by atoms with Gasteiger partial charge in [0.2, 0.25) is 5.91 Å². The third kappa shape index (κ3) is 2.94. The number of hydrogen-bond acceptors (Lipinski definition) is 3. The van der Waals surface area contributed by atoms with Gasteiger partial charge in [-0.05, 0) is 29.7 Å². The fourth-order valence-electron chi connectivity index (χ4n) is 3.48. The van der Waals surface area contributed by atoms with Gasteiger partial charge in [0, 0.05) is 19.5 Å². The SMILES string of the molecule is O=C(CCn1[nH]c(=O)c2ccccc2c1=O)N1CCc2ccccc2C1. The Morgan fingerprint density at radius 2 is 1.65 bits per heavy atom. The van der Waals surface area contributed by atoms with Crippen LogP contribution in [0.25, 0.3) is 10.8 Å². The molecule has 6 nitrogen and oxygen atoms in total. The summed E-state index contributed by atoms with van der Waals surface area (Å²) in [5.74, 6) is -0.0135. The summed E-state index contributed by atoms with van der Waals surface area (Å²) in [6.45, 7) is 1.44. The van der Waals surface area contributed by atoms with Gasteiger partial charge < -0.3 is 4.90 Å². The van der Waals surface area contributed by atoms with Crippen molar-refractivity contribution >= 4 is 16.7 Å². The lowest BCUT2D eigenvalue weighted by Crippen LogP contribution is -2.37. The molecule has 1 aromatic heterocycles. The van der Waals surface area contributed by atoms with E-state index < -0.39 is 0 Å². The molecular weight excluding hydrogens is 330 g/mol. The smallest absolute Gasteiger partial charge is 0.273 e. The van der Waals surface area contributed by atoms with Gasteiger partial charge in [-0.1, -0.05) is 36.4 Å². The molecule has 1 amide bonds. The molecule has 0 atom stereocenters. The summed E-state index contributed by atoms with van der Waals surface area (Å²) < 4.78 is 1.24. The lowest BCUT2D eigenvalue weighted by atomic mass is 10.00. The Morgan fingerprint density at radius 3 is 2.46 bits per heavy atom. The normalized spacial score (nSPS) is 13.6. The zero-order chi connectivity index (χ0) is 18.1. The number of aromatic amines is 1. The van der Waals surface area contributed by atoms with Gasteiger partial charge in [-0.15, -0.1) is 0 Å². The van der Waals surface area contributed by atoms with Crippen molar-refractivity contribution in [3.8, 4) is 0 Å². The second-order valence-electron chi connectivity index (χ2n) is 6.53. The average molecular weight is 349 g/mol. The van der Waals surface area contributed by atoms with E-state index in [1.807, 2.05) is 23.1 Å². The molecule has 132 valence electrons. The van der Waals surface area contributed by atoms with E-state index in [4.69, 9.17) is 0 Å². The highest BCUT2D eigenvalue weighted by Gasteiger charge is 2.20. The molecule has 2 heterocycles. The predicted octanol–water partition coefficient (Wildman–Crippen LogP) is 1.66. The van der Waals surface area contributed by atoms with E-state index in [0.717, 1.165) is 6.42 Å². The molecule has 0 aliphatic carbocycles. The second kappa shape index (κ2) is 6.63. The molecule has 1 N–H and O–H groups in total. The van der Waals surface area contributed by atoms with Gasteiger partial charge in [-0.25, -0.2) is 4.68 Å². The first-order valence-corrected chi connectivity index (χ1v) is 8.70. The molecule has 0 unspecified atom stereocenters. The summed E-state index contributed by atoms with van der Waals surface area (Å²) >= 11 is 0. The molecule has 0 saturated heterocycles. The topological polar surface area (TPSA) is 75.2 Å². The number of nitrogens with one attached hydrogen (secondary N) is 1. The second-order valence-corrected chi connectivity index (χ2v) is 6.53. The average Bonchev–Trinajstić information content (AvgIpc) is 2.69. The summed E-state index contributed by atoms with van der Waals surface area (Å²) in [4.78, 5) is 39.0. The minimum absolute atomic E-state index is 0.0135. The first kappa shape index (κ1) is 16.3. The van der Waals surface area contributed by atoms with Crippen LogP contribution in [0.1, 0.15) is 17.5 Å². The highest BCUT2D eigenvalue weighted by atomic mass is 16.2. The zero-order valence-corrected chi connectivity index (χ0v) is 14.3. The minimum Gasteiger partial charge on any atom is -0.338 e.